The first kappa shape index (κ1) is 18.9. The van der Waals surface area contributed by atoms with E-state index in [4.69, 9.17) is 9.47 Å². The maximum Gasteiger partial charge on any atom is 0.280 e. The van der Waals surface area contributed by atoms with Crippen molar-refractivity contribution in [3.05, 3.63) is 65.9 Å². The monoisotopic (exact) mass is 358 g/mol. The topological polar surface area (TPSA) is 27.3 Å². The lowest BCUT2D eigenvalue weighted by Gasteiger charge is -2.05. The van der Waals surface area contributed by atoms with E-state index in [9.17, 15) is 0 Å². The van der Waals surface area contributed by atoms with Crippen LogP contribution in [0.5, 0.6) is 11.5 Å². The van der Waals surface area contributed by atoms with Gasteiger partial charge in [0.15, 0.2) is 7.05 Å². The fraction of sp³-hybridized carbons (Fsp3) is 0.250. The standard InChI is InChI=1S/C20H23N2O2.ClH/c1-21-18(14-15-10-12-17(23-3)13-11-15)20(24-4)19(22(21)2)16-8-6-5-7-9-16;/h5-13H,14H2,1-4H3;1H/q+1;/p-1. The number of halogens is 1. The molecule has 0 aliphatic rings. The molecule has 1 aromatic heterocycles. The SMILES string of the molecule is COc1ccc(Cc2c(OC)c(-c3ccccc3)[n+](C)n2C)cc1.[Cl-]. The highest BCUT2D eigenvalue weighted by atomic mass is 35.5. The molecule has 25 heavy (non-hydrogen) atoms. The van der Waals surface area contributed by atoms with Crippen LogP contribution in [-0.2, 0) is 20.5 Å². The lowest BCUT2D eigenvalue weighted by atomic mass is 10.1. The lowest BCUT2D eigenvalue weighted by molar-refractivity contribution is -0.741. The molecule has 0 atom stereocenters. The fourth-order valence-corrected chi connectivity index (χ4v) is 3.02. The molecule has 0 aliphatic heterocycles. The molecule has 0 amide bonds. The van der Waals surface area contributed by atoms with E-state index < -0.39 is 0 Å². The predicted molar refractivity (Wildman–Crippen MR) is 94.4 cm³/mol. The van der Waals surface area contributed by atoms with Gasteiger partial charge < -0.3 is 21.9 Å². The molecule has 3 rings (SSSR count). The van der Waals surface area contributed by atoms with Gasteiger partial charge in [-0.05, 0) is 29.8 Å². The quantitative estimate of drug-likeness (QED) is 0.606. The van der Waals surface area contributed by atoms with Crippen LogP contribution in [0.25, 0.3) is 11.3 Å². The summed E-state index contributed by atoms with van der Waals surface area (Å²) in [6.45, 7) is 0. The second-order valence-electron chi connectivity index (χ2n) is 5.77. The Morgan fingerprint density at radius 3 is 2.12 bits per heavy atom. The van der Waals surface area contributed by atoms with Crippen LogP contribution in [0.3, 0.4) is 0 Å². The van der Waals surface area contributed by atoms with Gasteiger partial charge in [-0.3, -0.25) is 0 Å². The van der Waals surface area contributed by atoms with Gasteiger partial charge >= 0.3 is 0 Å². The van der Waals surface area contributed by atoms with E-state index in [1.54, 1.807) is 14.2 Å². The highest BCUT2D eigenvalue weighted by Crippen LogP contribution is 2.32. The Kier molecular flexibility index (Phi) is 6.10. The van der Waals surface area contributed by atoms with Gasteiger partial charge in [-0.25, -0.2) is 0 Å². The van der Waals surface area contributed by atoms with E-state index in [0.717, 1.165) is 34.9 Å². The van der Waals surface area contributed by atoms with Crippen LogP contribution in [0.15, 0.2) is 54.6 Å². The van der Waals surface area contributed by atoms with Crippen LogP contribution >= 0.6 is 0 Å². The summed E-state index contributed by atoms with van der Waals surface area (Å²) in [5, 5.41) is 0. The number of hydrogen-bond donors (Lipinski definition) is 0. The zero-order chi connectivity index (χ0) is 17.1. The number of benzene rings is 2. The molecular formula is C20H23ClN2O2. The van der Waals surface area contributed by atoms with Gasteiger partial charge in [0, 0.05) is 6.42 Å². The largest absolute Gasteiger partial charge is 1.00 e. The van der Waals surface area contributed by atoms with E-state index in [-0.39, 0.29) is 12.4 Å². The van der Waals surface area contributed by atoms with Crippen LogP contribution in [0.4, 0.5) is 0 Å². The summed E-state index contributed by atoms with van der Waals surface area (Å²) in [5.74, 6) is 1.79. The highest BCUT2D eigenvalue weighted by molar-refractivity contribution is 5.65. The van der Waals surface area contributed by atoms with E-state index in [1.165, 1.54) is 5.56 Å². The molecule has 1 heterocycles. The molecule has 0 radical (unpaired) electrons. The first-order chi connectivity index (χ1) is 11.7. The Morgan fingerprint density at radius 2 is 1.56 bits per heavy atom. The number of nitrogens with zero attached hydrogens (tertiary/aromatic N) is 2. The number of rotatable bonds is 5. The lowest BCUT2D eigenvalue weighted by Crippen LogP contribution is -3.00. The Labute approximate surface area is 155 Å². The molecule has 2 aromatic carbocycles. The zero-order valence-electron chi connectivity index (χ0n) is 15.0. The molecule has 4 nitrogen and oxygen atoms in total. The molecule has 0 fully saturated rings. The average molecular weight is 359 g/mol. The van der Waals surface area contributed by atoms with Gasteiger partial charge in [-0.2, -0.15) is 4.68 Å². The van der Waals surface area contributed by atoms with Gasteiger partial charge in [-0.1, -0.05) is 30.3 Å². The summed E-state index contributed by atoms with van der Waals surface area (Å²) in [4.78, 5) is 0. The molecule has 0 unspecified atom stereocenters. The molecule has 3 aromatic rings. The summed E-state index contributed by atoms with van der Waals surface area (Å²) in [6, 6.07) is 18.5. The summed E-state index contributed by atoms with van der Waals surface area (Å²) in [7, 11) is 7.54. The second kappa shape index (κ2) is 8.08. The Bertz CT molecular complexity index is 827. The zero-order valence-corrected chi connectivity index (χ0v) is 15.7. The van der Waals surface area contributed by atoms with Crippen LogP contribution in [-0.4, -0.2) is 18.9 Å². The molecule has 0 N–H and O–H groups in total. The van der Waals surface area contributed by atoms with Crippen LogP contribution in [0.1, 0.15) is 11.3 Å². The summed E-state index contributed by atoms with van der Waals surface area (Å²) < 4.78 is 15.3. The van der Waals surface area contributed by atoms with Crippen molar-refractivity contribution < 1.29 is 26.6 Å². The molecular weight excluding hydrogens is 336 g/mol. The van der Waals surface area contributed by atoms with Crippen molar-refractivity contribution in [2.75, 3.05) is 14.2 Å². The number of hydrogen-bond acceptors (Lipinski definition) is 2. The van der Waals surface area contributed by atoms with Crippen LogP contribution in [0, 0.1) is 0 Å². The maximum absolute atomic E-state index is 5.78. The number of ether oxygens (including phenoxy) is 2. The molecule has 5 heteroatoms. The van der Waals surface area contributed by atoms with E-state index in [0.29, 0.717) is 0 Å². The first-order valence-corrected chi connectivity index (χ1v) is 7.96. The van der Waals surface area contributed by atoms with Gasteiger partial charge in [-0.15, -0.1) is 4.68 Å². The molecule has 0 bridgehead atoms. The van der Waals surface area contributed by atoms with Crippen molar-refractivity contribution in [3.63, 3.8) is 0 Å². The summed E-state index contributed by atoms with van der Waals surface area (Å²) >= 11 is 0. The van der Waals surface area contributed by atoms with Gasteiger partial charge in [0.2, 0.25) is 5.75 Å². The predicted octanol–water partition coefficient (Wildman–Crippen LogP) is 0.129. The first-order valence-electron chi connectivity index (χ1n) is 7.96. The second-order valence-corrected chi connectivity index (χ2v) is 5.77. The molecule has 0 saturated carbocycles. The maximum atomic E-state index is 5.78. The Balaban J connectivity index is 0.00000225. The third kappa shape index (κ3) is 3.64. The van der Waals surface area contributed by atoms with Crippen molar-refractivity contribution in [1.29, 1.82) is 0 Å². The smallest absolute Gasteiger partial charge is 0.280 e. The minimum atomic E-state index is 0. The normalized spacial score (nSPS) is 10.2. The molecule has 132 valence electrons. The molecule has 0 spiro atoms. The minimum Gasteiger partial charge on any atom is -1.00 e. The fourth-order valence-electron chi connectivity index (χ4n) is 3.02. The number of methoxy groups -OCH3 is 2. The van der Waals surface area contributed by atoms with Crippen molar-refractivity contribution in [3.8, 4) is 22.8 Å². The molecule has 0 saturated heterocycles. The van der Waals surface area contributed by atoms with Crippen molar-refractivity contribution in [2.45, 2.75) is 6.42 Å². The third-order valence-electron chi connectivity index (χ3n) is 4.42. The van der Waals surface area contributed by atoms with Gasteiger partial charge in [0.05, 0.1) is 26.8 Å². The third-order valence-corrected chi connectivity index (χ3v) is 4.42. The molecule has 0 aliphatic carbocycles. The van der Waals surface area contributed by atoms with Gasteiger partial charge in [0.25, 0.3) is 5.69 Å². The van der Waals surface area contributed by atoms with Crippen LogP contribution in [0.2, 0.25) is 0 Å². The Morgan fingerprint density at radius 1 is 0.920 bits per heavy atom. The average Bonchev–Trinajstić information content (AvgIpc) is 2.87. The van der Waals surface area contributed by atoms with Crippen molar-refractivity contribution in [1.82, 2.24) is 4.68 Å². The highest BCUT2D eigenvalue weighted by Gasteiger charge is 2.28. The minimum absolute atomic E-state index is 0. The van der Waals surface area contributed by atoms with Crippen molar-refractivity contribution >= 4 is 0 Å². The van der Waals surface area contributed by atoms with Crippen molar-refractivity contribution in [2.24, 2.45) is 14.1 Å². The van der Waals surface area contributed by atoms with E-state index >= 15 is 0 Å². The Hall–Kier alpha value is -2.46. The van der Waals surface area contributed by atoms with Gasteiger partial charge in [0.1, 0.15) is 11.4 Å². The van der Waals surface area contributed by atoms with Crippen LogP contribution < -0.4 is 26.6 Å². The summed E-state index contributed by atoms with van der Waals surface area (Å²) in [5.41, 5.74) is 4.59. The van der Waals surface area contributed by atoms with E-state index in [2.05, 4.69) is 47.7 Å². The number of aromatic nitrogens is 2. The summed E-state index contributed by atoms with van der Waals surface area (Å²) in [6.07, 6.45) is 0.796. The van der Waals surface area contributed by atoms with E-state index in [1.807, 2.05) is 30.3 Å².